The highest BCUT2D eigenvalue weighted by Crippen LogP contribution is 2.67. The number of aryl methyl sites for hydroxylation is 1. The number of Topliss-reactive ketones (excluding diaryl/α,β-unsaturated/α-hetero) is 1. The Morgan fingerprint density at radius 2 is 1.83 bits per heavy atom. The van der Waals surface area contributed by atoms with Crippen LogP contribution >= 0.6 is 0 Å². The van der Waals surface area contributed by atoms with Crippen LogP contribution in [0.25, 0.3) is 10.9 Å². The fourth-order valence-electron chi connectivity index (χ4n) is 13.7. The molecule has 3 aromatic rings. The number of rotatable bonds is 10. The topological polar surface area (TPSA) is 182 Å². The molecule has 15 heteroatoms. The number of aliphatic hydroxyl groups is 2. The number of benzene rings is 1. The van der Waals surface area contributed by atoms with Gasteiger partial charge < -0.3 is 38.0 Å². The molecule has 338 valence electrons. The Hall–Kier alpha value is -4.60. The summed E-state index contributed by atoms with van der Waals surface area (Å²) in [7, 11) is 1.45. The number of nitrogens with zero attached hydrogens (tertiary/aromatic N) is 3. The summed E-state index contributed by atoms with van der Waals surface area (Å²) in [4.78, 5) is 70.2. The van der Waals surface area contributed by atoms with E-state index in [1.54, 1.807) is 13.0 Å². The van der Waals surface area contributed by atoms with Crippen molar-refractivity contribution in [2.24, 2.45) is 34.5 Å². The number of esters is 1. The SMILES string of the molecule is COc1c(N2CC3CCCN(Cc4oc(=O)oc4C)C3C2)c(F)cc2c(=O)c(C(=O)OCCC(=O)[C@]3(O)CC[C@@H]4[C@H]5CCC6=CC(=O)CC[C@@]6(C)C5[C@H](O)C[C@]43C)cn(C3CC3)c12. The first-order valence-electron chi connectivity index (χ1n) is 22.9. The number of carbonyl (C=O) groups is 3. The van der Waals surface area contributed by atoms with Crippen molar-refractivity contribution in [3.63, 3.8) is 0 Å². The predicted molar refractivity (Wildman–Crippen MR) is 227 cm³/mol. The Morgan fingerprint density at radius 3 is 2.56 bits per heavy atom. The van der Waals surface area contributed by atoms with Crippen LogP contribution in [0.3, 0.4) is 0 Å². The van der Waals surface area contributed by atoms with E-state index >= 15 is 4.39 Å². The van der Waals surface area contributed by atoms with Crippen molar-refractivity contribution in [3.05, 3.63) is 67.7 Å². The summed E-state index contributed by atoms with van der Waals surface area (Å²) >= 11 is 0. The Bertz CT molecular complexity index is 2560. The number of allylic oxidation sites excluding steroid dienone is 1. The van der Waals surface area contributed by atoms with Gasteiger partial charge in [-0.25, -0.2) is 14.0 Å². The fraction of sp³-hybridized carbons (Fsp3) is 0.646. The average molecular weight is 872 g/mol. The number of likely N-dealkylation sites (tertiary alicyclic amines) is 1. The molecule has 0 spiro atoms. The highest BCUT2D eigenvalue weighted by atomic mass is 19.1. The van der Waals surface area contributed by atoms with E-state index in [-0.39, 0.29) is 95.2 Å². The lowest BCUT2D eigenvalue weighted by Gasteiger charge is -2.60. The molecule has 9 atom stereocenters. The molecular formula is C48H58FN3O11. The van der Waals surface area contributed by atoms with E-state index in [9.17, 15) is 34.2 Å². The number of anilines is 1. The zero-order valence-electron chi connectivity index (χ0n) is 36.6. The summed E-state index contributed by atoms with van der Waals surface area (Å²) in [5.74, 6) is -1.28. The highest BCUT2D eigenvalue weighted by Gasteiger charge is 2.68. The zero-order valence-corrected chi connectivity index (χ0v) is 36.6. The van der Waals surface area contributed by atoms with E-state index in [1.807, 2.05) is 16.4 Å². The number of fused-ring (bicyclic) bond motifs is 7. The maximum atomic E-state index is 16.6. The van der Waals surface area contributed by atoms with Crippen LogP contribution in [-0.4, -0.2) is 88.3 Å². The van der Waals surface area contributed by atoms with Crippen molar-refractivity contribution in [1.29, 1.82) is 0 Å². The van der Waals surface area contributed by atoms with Gasteiger partial charge in [-0.2, -0.15) is 0 Å². The van der Waals surface area contributed by atoms with Crippen molar-refractivity contribution < 1.29 is 47.3 Å². The van der Waals surface area contributed by atoms with E-state index in [0.29, 0.717) is 55.9 Å². The van der Waals surface area contributed by atoms with Gasteiger partial charge in [0.1, 0.15) is 22.6 Å². The number of ether oxygens (including phenoxy) is 2. The third-order valence-electron chi connectivity index (χ3n) is 17.0. The predicted octanol–water partition coefficient (Wildman–Crippen LogP) is 5.79. The van der Waals surface area contributed by atoms with Gasteiger partial charge in [0.25, 0.3) is 0 Å². The number of aliphatic hydroxyl groups excluding tert-OH is 1. The average Bonchev–Trinajstić information content (AvgIpc) is 3.83. The van der Waals surface area contributed by atoms with Gasteiger partial charge in [0.15, 0.2) is 28.9 Å². The molecule has 5 aliphatic carbocycles. The molecule has 2 aromatic heterocycles. The molecule has 2 aliphatic heterocycles. The van der Waals surface area contributed by atoms with Crippen LogP contribution in [0.5, 0.6) is 5.75 Å². The lowest BCUT2D eigenvalue weighted by Crippen LogP contribution is -2.61. The van der Waals surface area contributed by atoms with Gasteiger partial charge in [-0.05, 0) is 119 Å². The summed E-state index contributed by atoms with van der Waals surface area (Å²) in [6.45, 7) is 7.63. The summed E-state index contributed by atoms with van der Waals surface area (Å²) in [6.07, 6.45) is 9.47. The third-order valence-corrected chi connectivity index (χ3v) is 17.0. The third kappa shape index (κ3) is 6.60. The van der Waals surface area contributed by atoms with E-state index in [4.69, 9.17) is 18.3 Å². The fourth-order valence-corrected chi connectivity index (χ4v) is 13.7. The van der Waals surface area contributed by atoms with E-state index in [0.717, 1.165) is 50.6 Å². The molecule has 6 fully saturated rings. The number of methoxy groups -OCH3 is 1. The van der Waals surface area contributed by atoms with Crippen LogP contribution in [0, 0.1) is 47.2 Å². The summed E-state index contributed by atoms with van der Waals surface area (Å²) in [6, 6.07) is 1.18. The van der Waals surface area contributed by atoms with Crippen LogP contribution in [-0.2, 0) is 20.9 Å². The maximum Gasteiger partial charge on any atom is 0.519 e. The first-order chi connectivity index (χ1) is 30.1. The van der Waals surface area contributed by atoms with Gasteiger partial charge in [-0.3, -0.25) is 19.3 Å². The van der Waals surface area contributed by atoms with Gasteiger partial charge in [-0.15, -0.1) is 0 Å². The quantitative estimate of drug-likeness (QED) is 0.234. The van der Waals surface area contributed by atoms with Gasteiger partial charge in [0.05, 0.1) is 37.3 Å². The minimum atomic E-state index is -1.73. The molecule has 4 saturated carbocycles. The first-order valence-corrected chi connectivity index (χ1v) is 22.9. The number of carbonyl (C=O) groups excluding carboxylic acids is 3. The maximum absolute atomic E-state index is 16.6. The molecule has 0 amide bonds. The minimum absolute atomic E-state index is 0.00146. The molecule has 3 unspecified atom stereocenters. The summed E-state index contributed by atoms with van der Waals surface area (Å²) < 4.78 is 40.4. The molecule has 4 heterocycles. The van der Waals surface area contributed by atoms with Crippen LogP contribution in [0.4, 0.5) is 10.1 Å². The summed E-state index contributed by atoms with van der Waals surface area (Å²) in [5.41, 5.74) is -2.15. The number of halogens is 1. The largest absolute Gasteiger partial charge is 0.519 e. The summed E-state index contributed by atoms with van der Waals surface area (Å²) in [5, 5.41) is 24.0. The Kier molecular flexibility index (Phi) is 10.3. The lowest BCUT2D eigenvalue weighted by atomic mass is 9.45. The number of hydrogen-bond acceptors (Lipinski definition) is 13. The highest BCUT2D eigenvalue weighted by molar-refractivity contribution is 5.98. The molecule has 0 radical (unpaired) electrons. The normalized spacial score (nSPS) is 34.0. The number of aromatic nitrogens is 1. The van der Waals surface area contributed by atoms with Crippen molar-refractivity contribution in [2.45, 2.75) is 128 Å². The Morgan fingerprint density at radius 1 is 1.03 bits per heavy atom. The second-order valence-corrected chi connectivity index (χ2v) is 20.2. The number of piperidine rings is 1. The van der Waals surface area contributed by atoms with Crippen molar-refractivity contribution in [1.82, 2.24) is 9.47 Å². The van der Waals surface area contributed by atoms with Crippen molar-refractivity contribution in [3.8, 4) is 5.75 Å². The standard InChI is InChI=1S/C48H58FN3O11/c1-25-37(63-45(58)62-25)24-50-16-5-6-26-21-51(23-35(26)50)41-34(49)19-31-40(43(41)60-4)52(28-8-9-28)22-32(42(31)56)44(57)61-17-13-38(55)48(59)15-12-33-30-10-7-27-18-29(53)11-14-46(27,2)39(30)36(54)20-47(33,48)3/h18-19,22,26,28,30,33,35-36,39,54,59H,5-17,20-21,23-24H2,1-4H3/t26?,30-,33-,35?,36-,39?,46-,47-,48-/m1/s1. The molecule has 10 rings (SSSR count). The van der Waals surface area contributed by atoms with Gasteiger partial charge in [-0.1, -0.05) is 19.4 Å². The van der Waals surface area contributed by atoms with Crippen molar-refractivity contribution in [2.75, 3.05) is 38.3 Å². The van der Waals surface area contributed by atoms with Crippen LogP contribution < -0.4 is 20.9 Å². The van der Waals surface area contributed by atoms with Gasteiger partial charge in [0.2, 0.25) is 5.43 Å². The molecule has 2 N–H and O–H groups in total. The number of pyridine rings is 1. The molecule has 63 heavy (non-hydrogen) atoms. The number of ketones is 2. The van der Waals surface area contributed by atoms with E-state index in [2.05, 4.69) is 11.8 Å². The lowest BCUT2D eigenvalue weighted by molar-refractivity contribution is -0.181. The monoisotopic (exact) mass is 871 g/mol. The minimum Gasteiger partial charge on any atom is -0.492 e. The Balaban J connectivity index is 0.863. The molecule has 7 aliphatic rings. The van der Waals surface area contributed by atoms with E-state index in [1.165, 1.54) is 19.4 Å². The molecule has 2 saturated heterocycles. The van der Waals surface area contributed by atoms with Gasteiger partial charge in [0, 0.05) is 49.6 Å². The van der Waals surface area contributed by atoms with Gasteiger partial charge >= 0.3 is 11.8 Å². The molecular weight excluding hydrogens is 814 g/mol. The van der Waals surface area contributed by atoms with Crippen molar-refractivity contribution >= 4 is 34.1 Å². The second kappa shape index (κ2) is 15.3. The molecule has 1 aromatic carbocycles. The van der Waals surface area contributed by atoms with E-state index < -0.39 is 45.9 Å². The Labute approximate surface area is 364 Å². The second-order valence-electron chi connectivity index (χ2n) is 20.2. The van der Waals surface area contributed by atoms with Crippen LogP contribution in [0.2, 0.25) is 0 Å². The van der Waals surface area contributed by atoms with Crippen LogP contribution in [0.1, 0.15) is 119 Å². The molecule has 0 bridgehead atoms. The molecule has 14 nitrogen and oxygen atoms in total. The van der Waals surface area contributed by atoms with Crippen LogP contribution in [0.15, 0.2) is 42.3 Å². The zero-order chi connectivity index (χ0) is 44.3. The number of hydrogen-bond donors (Lipinski definition) is 2. The smallest absolute Gasteiger partial charge is 0.492 e. The first kappa shape index (κ1) is 42.4.